The molecule has 1 unspecified atom stereocenters. The van der Waals surface area contributed by atoms with E-state index in [0.29, 0.717) is 11.3 Å². The molecule has 39 heavy (non-hydrogen) atoms. The summed E-state index contributed by atoms with van der Waals surface area (Å²) in [5.74, 6) is -0.348. The van der Waals surface area contributed by atoms with Crippen molar-refractivity contribution in [1.82, 2.24) is 10.2 Å². The van der Waals surface area contributed by atoms with Gasteiger partial charge in [-0.2, -0.15) is 0 Å². The van der Waals surface area contributed by atoms with Crippen molar-refractivity contribution in [2.24, 2.45) is 0 Å². The Bertz CT molecular complexity index is 1410. The predicted molar refractivity (Wildman–Crippen MR) is 153 cm³/mol. The van der Waals surface area contributed by atoms with Crippen LogP contribution in [0, 0.1) is 0 Å². The Kier molecular flexibility index (Phi) is 9.63. The van der Waals surface area contributed by atoms with Crippen LogP contribution in [0.4, 0.5) is 5.69 Å². The van der Waals surface area contributed by atoms with E-state index < -0.39 is 34.1 Å². The number of carbonyl (C=O) groups excluding carboxylic acids is 2. The summed E-state index contributed by atoms with van der Waals surface area (Å²) in [6.07, 6.45) is 0. The molecule has 1 atom stereocenters. The second-order valence-electron chi connectivity index (χ2n) is 10.1. The van der Waals surface area contributed by atoms with Gasteiger partial charge in [-0.05, 0) is 69.7 Å². The number of nitrogens with zero attached hydrogens (tertiary/aromatic N) is 2. The monoisotopic (exact) mass is 571 g/mol. The zero-order valence-corrected chi connectivity index (χ0v) is 24.3. The van der Waals surface area contributed by atoms with Crippen LogP contribution in [0.5, 0.6) is 5.75 Å². The minimum atomic E-state index is -4.18. The molecule has 0 saturated heterocycles. The number of benzene rings is 3. The molecule has 3 aromatic carbocycles. The summed E-state index contributed by atoms with van der Waals surface area (Å²) in [6, 6.07) is 20.5. The Morgan fingerprint density at radius 3 is 2.23 bits per heavy atom. The van der Waals surface area contributed by atoms with Crippen molar-refractivity contribution < 1.29 is 22.7 Å². The molecule has 3 rings (SSSR count). The molecule has 0 aliphatic carbocycles. The highest BCUT2D eigenvalue weighted by atomic mass is 35.5. The maximum Gasteiger partial charge on any atom is 0.264 e. The molecule has 3 aromatic rings. The zero-order chi connectivity index (χ0) is 28.8. The van der Waals surface area contributed by atoms with E-state index in [1.54, 1.807) is 61.5 Å². The summed E-state index contributed by atoms with van der Waals surface area (Å²) < 4.78 is 33.9. The molecule has 10 heteroatoms. The second-order valence-corrected chi connectivity index (χ2v) is 12.3. The van der Waals surface area contributed by atoms with Crippen molar-refractivity contribution in [3.8, 4) is 5.75 Å². The highest BCUT2D eigenvalue weighted by Gasteiger charge is 2.34. The molecular weight excluding hydrogens is 538 g/mol. The zero-order valence-electron chi connectivity index (χ0n) is 22.7. The van der Waals surface area contributed by atoms with Gasteiger partial charge < -0.3 is 15.0 Å². The van der Waals surface area contributed by atoms with Crippen molar-refractivity contribution in [1.29, 1.82) is 0 Å². The molecule has 0 aliphatic heterocycles. The molecule has 0 saturated carbocycles. The van der Waals surface area contributed by atoms with Crippen molar-refractivity contribution in [2.45, 2.75) is 50.7 Å². The fraction of sp³-hybridized carbons (Fsp3) is 0.310. The molecule has 1 N–H and O–H groups in total. The minimum absolute atomic E-state index is 0.00981. The number of anilines is 1. The summed E-state index contributed by atoms with van der Waals surface area (Å²) in [5.41, 5.74) is 0.342. The van der Waals surface area contributed by atoms with Crippen LogP contribution < -0.4 is 14.4 Å². The minimum Gasteiger partial charge on any atom is -0.497 e. The van der Waals surface area contributed by atoms with Gasteiger partial charge in [-0.25, -0.2) is 8.42 Å². The summed E-state index contributed by atoms with van der Waals surface area (Å²) >= 11 is 6.42. The lowest BCUT2D eigenvalue weighted by atomic mass is 10.1. The summed E-state index contributed by atoms with van der Waals surface area (Å²) in [4.78, 5) is 28.5. The van der Waals surface area contributed by atoms with Crippen LogP contribution in [-0.2, 0) is 26.2 Å². The van der Waals surface area contributed by atoms with Crippen LogP contribution in [-0.4, -0.2) is 50.4 Å². The van der Waals surface area contributed by atoms with Crippen molar-refractivity contribution in [3.05, 3.63) is 89.4 Å². The first kappa shape index (κ1) is 30.0. The van der Waals surface area contributed by atoms with E-state index in [9.17, 15) is 18.0 Å². The number of hydrogen-bond donors (Lipinski definition) is 1. The fourth-order valence-corrected chi connectivity index (χ4v) is 5.65. The third-order valence-corrected chi connectivity index (χ3v) is 7.98. The van der Waals surface area contributed by atoms with Gasteiger partial charge in [0, 0.05) is 12.1 Å². The van der Waals surface area contributed by atoms with Gasteiger partial charge >= 0.3 is 0 Å². The van der Waals surface area contributed by atoms with Gasteiger partial charge in [0.15, 0.2) is 0 Å². The van der Waals surface area contributed by atoms with Crippen LogP contribution in [0.1, 0.15) is 33.3 Å². The number of hydrogen-bond acceptors (Lipinski definition) is 5. The Morgan fingerprint density at radius 2 is 1.62 bits per heavy atom. The number of rotatable bonds is 10. The van der Waals surface area contributed by atoms with Gasteiger partial charge in [-0.1, -0.05) is 54.1 Å². The third-order valence-electron chi connectivity index (χ3n) is 5.88. The topological polar surface area (TPSA) is 96.0 Å². The van der Waals surface area contributed by atoms with Crippen molar-refractivity contribution >= 4 is 39.1 Å². The van der Waals surface area contributed by atoms with Crippen LogP contribution in [0.25, 0.3) is 0 Å². The first-order valence-corrected chi connectivity index (χ1v) is 14.2. The van der Waals surface area contributed by atoms with Crippen LogP contribution in [0.15, 0.2) is 83.8 Å². The van der Waals surface area contributed by atoms with Crippen LogP contribution >= 0.6 is 11.6 Å². The van der Waals surface area contributed by atoms with E-state index in [0.717, 1.165) is 4.31 Å². The van der Waals surface area contributed by atoms with E-state index in [1.807, 2.05) is 26.8 Å². The number of halogens is 1. The van der Waals surface area contributed by atoms with Crippen LogP contribution in [0.2, 0.25) is 5.02 Å². The number of methoxy groups -OCH3 is 1. The largest absolute Gasteiger partial charge is 0.497 e. The van der Waals surface area contributed by atoms with Gasteiger partial charge in [0.25, 0.3) is 10.0 Å². The first-order chi connectivity index (χ1) is 18.3. The van der Waals surface area contributed by atoms with E-state index in [2.05, 4.69) is 5.32 Å². The van der Waals surface area contributed by atoms with Gasteiger partial charge in [0.1, 0.15) is 18.3 Å². The normalized spacial score (nSPS) is 12.4. The quantitative estimate of drug-likeness (QED) is 0.374. The van der Waals surface area contributed by atoms with Gasteiger partial charge in [-0.15, -0.1) is 0 Å². The maximum absolute atomic E-state index is 14.0. The van der Waals surface area contributed by atoms with Gasteiger partial charge in [-0.3, -0.25) is 13.9 Å². The highest BCUT2D eigenvalue weighted by Crippen LogP contribution is 2.30. The molecule has 8 nitrogen and oxygen atoms in total. The summed E-state index contributed by atoms with van der Waals surface area (Å²) in [7, 11) is -2.64. The SMILES string of the molecule is COc1cccc(CN(C(=O)CN(c2ccccc2Cl)S(=O)(=O)c2ccccc2)C(C)C(=O)NC(C)(C)C)c1. The lowest BCUT2D eigenvalue weighted by molar-refractivity contribution is -0.140. The second kappa shape index (κ2) is 12.5. The molecular formula is C29H34ClN3O5S. The molecule has 0 heterocycles. The molecule has 208 valence electrons. The van der Waals surface area contributed by atoms with E-state index in [4.69, 9.17) is 16.3 Å². The lowest BCUT2D eigenvalue weighted by Crippen LogP contribution is -2.54. The number of carbonyl (C=O) groups is 2. The van der Waals surface area contributed by atoms with Crippen LogP contribution in [0.3, 0.4) is 0 Å². The Hall–Kier alpha value is -3.56. The number of amides is 2. The average molecular weight is 572 g/mol. The Labute approximate surface area is 235 Å². The highest BCUT2D eigenvalue weighted by molar-refractivity contribution is 7.92. The molecule has 0 spiro atoms. The summed E-state index contributed by atoms with van der Waals surface area (Å²) in [6.45, 7) is 6.63. The standard InChI is InChI=1S/C29H34ClN3O5S/c1-21(28(35)31-29(2,3)4)32(19-22-12-11-13-23(18-22)38-5)27(34)20-33(26-17-10-9-16-25(26)30)39(36,37)24-14-7-6-8-15-24/h6-18,21H,19-20H2,1-5H3,(H,31,35). The number of sulfonamides is 1. The Balaban J connectivity index is 2.05. The average Bonchev–Trinajstić information content (AvgIpc) is 2.90. The van der Waals surface area contributed by atoms with E-state index >= 15 is 0 Å². The first-order valence-electron chi connectivity index (χ1n) is 12.4. The van der Waals surface area contributed by atoms with Crippen molar-refractivity contribution in [3.63, 3.8) is 0 Å². The van der Waals surface area contributed by atoms with E-state index in [1.165, 1.54) is 30.2 Å². The molecule has 2 amide bonds. The molecule has 0 aliphatic rings. The van der Waals surface area contributed by atoms with Gasteiger partial charge in [0.05, 0.1) is 22.7 Å². The molecule has 0 fully saturated rings. The Morgan fingerprint density at radius 1 is 0.974 bits per heavy atom. The molecule has 0 radical (unpaired) electrons. The smallest absolute Gasteiger partial charge is 0.264 e. The molecule has 0 bridgehead atoms. The molecule has 0 aromatic heterocycles. The fourth-order valence-electron chi connectivity index (χ4n) is 3.91. The number of ether oxygens (including phenoxy) is 1. The van der Waals surface area contributed by atoms with E-state index in [-0.39, 0.29) is 28.1 Å². The lowest BCUT2D eigenvalue weighted by Gasteiger charge is -2.33. The number of nitrogens with one attached hydrogen (secondary N) is 1. The van der Waals surface area contributed by atoms with Gasteiger partial charge in [0.2, 0.25) is 11.8 Å². The van der Waals surface area contributed by atoms with Crippen molar-refractivity contribution in [2.75, 3.05) is 18.0 Å². The third kappa shape index (κ3) is 7.74. The number of para-hydroxylation sites is 1. The predicted octanol–water partition coefficient (Wildman–Crippen LogP) is 4.88. The maximum atomic E-state index is 14.0. The summed E-state index contributed by atoms with van der Waals surface area (Å²) in [5, 5.41) is 3.07.